The minimum Gasteiger partial charge on any atom is -0.318 e. The maximum absolute atomic E-state index is 13.7. The molecule has 4 heteroatoms. The van der Waals surface area contributed by atoms with Gasteiger partial charge in [0.2, 0.25) is 0 Å². The van der Waals surface area contributed by atoms with Crippen LogP contribution in [0.3, 0.4) is 0 Å². The van der Waals surface area contributed by atoms with Crippen molar-refractivity contribution >= 4 is 11.6 Å². The predicted molar refractivity (Wildman–Crippen MR) is 71.2 cm³/mol. The van der Waals surface area contributed by atoms with Gasteiger partial charge >= 0.3 is 0 Å². The van der Waals surface area contributed by atoms with Crippen LogP contribution in [0, 0.1) is 5.82 Å². The van der Waals surface area contributed by atoms with E-state index in [0.717, 1.165) is 13.1 Å². The molecule has 1 rings (SSSR count). The highest BCUT2D eigenvalue weighted by Crippen LogP contribution is 2.27. The summed E-state index contributed by atoms with van der Waals surface area (Å²) in [6.45, 7) is 6.49. The molecule has 0 fully saturated rings. The van der Waals surface area contributed by atoms with Gasteiger partial charge in [0.1, 0.15) is 5.82 Å². The summed E-state index contributed by atoms with van der Waals surface area (Å²) >= 11 is 5.91. The minimum absolute atomic E-state index is 0.199. The second kappa shape index (κ2) is 6.34. The van der Waals surface area contributed by atoms with Crippen molar-refractivity contribution in [2.45, 2.75) is 19.3 Å². The molecule has 17 heavy (non-hydrogen) atoms. The molecule has 0 aliphatic rings. The van der Waals surface area contributed by atoms with E-state index in [1.807, 2.05) is 20.9 Å². The first kappa shape index (κ1) is 14.4. The molecule has 96 valence electrons. The van der Waals surface area contributed by atoms with Gasteiger partial charge in [-0.15, -0.1) is 0 Å². The lowest BCUT2D eigenvalue weighted by atomic mass is 9.84. The van der Waals surface area contributed by atoms with Crippen LogP contribution in [-0.2, 0) is 5.41 Å². The molecule has 0 heterocycles. The standard InChI is InChI=1S/C13H20ClFN2/c1-13(2,9-17-7-6-16-3)11-8-10(14)4-5-12(11)15/h4-5,8,16-17H,6-7,9H2,1-3H3. The Morgan fingerprint density at radius 1 is 1.29 bits per heavy atom. The first-order valence-corrected chi connectivity index (χ1v) is 6.16. The summed E-state index contributed by atoms with van der Waals surface area (Å²) in [6.07, 6.45) is 0. The molecule has 0 aliphatic carbocycles. The van der Waals surface area contributed by atoms with Crippen LogP contribution in [0.15, 0.2) is 18.2 Å². The average molecular weight is 259 g/mol. The molecule has 0 bridgehead atoms. The van der Waals surface area contributed by atoms with Gasteiger partial charge in [-0.05, 0) is 30.8 Å². The molecule has 0 unspecified atom stereocenters. The van der Waals surface area contributed by atoms with Crippen LogP contribution in [-0.4, -0.2) is 26.7 Å². The van der Waals surface area contributed by atoms with Crippen LogP contribution in [0.4, 0.5) is 4.39 Å². The van der Waals surface area contributed by atoms with E-state index in [1.165, 1.54) is 6.07 Å². The zero-order chi connectivity index (χ0) is 12.9. The van der Waals surface area contributed by atoms with Gasteiger partial charge in [-0.1, -0.05) is 25.4 Å². The number of nitrogens with one attached hydrogen (secondary N) is 2. The Hall–Kier alpha value is -0.640. The largest absolute Gasteiger partial charge is 0.318 e. The third-order valence-corrected chi connectivity index (χ3v) is 3.01. The SMILES string of the molecule is CNCCNCC(C)(C)c1cc(Cl)ccc1F. The topological polar surface area (TPSA) is 24.1 Å². The van der Waals surface area contributed by atoms with E-state index in [2.05, 4.69) is 10.6 Å². The van der Waals surface area contributed by atoms with Crippen molar-refractivity contribution in [3.63, 3.8) is 0 Å². The van der Waals surface area contributed by atoms with Crippen molar-refractivity contribution in [2.24, 2.45) is 0 Å². The summed E-state index contributed by atoms with van der Waals surface area (Å²) in [4.78, 5) is 0. The fraction of sp³-hybridized carbons (Fsp3) is 0.538. The zero-order valence-electron chi connectivity index (χ0n) is 10.6. The van der Waals surface area contributed by atoms with Gasteiger partial charge in [0.05, 0.1) is 0 Å². The van der Waals surface area contributed by atoms with E-state index in [9.17, 15) is 4.39 Å². The van der Waals surface area contributed by atoms with Crippen LogP contribution in [0.5, 0.6) is 0 Å². The van der Waals surface area contributed by atoms with Crippen molar-refractivity contribution in [3.05, 3.63) is 34.6 Å². The van der Waals surface area contributed by atoms with Crippen molar-refractivity contribution < 1.29 is 4.39 Å². The molecular weight excluding hydrogens is 239 g/mol. The van der Waals surface area contributed by atoms with Crippen LogP contribution >= 0.6 is 11.6 Å². The van der Waals surface area contributed by atoms with Gasteiger partial charge in [0, 0.05) is 30.1 Å². The molecule has 2 N–H and O–H groups in total. The molecule has 0 saturated heterocycles. The van der Waals surface area contributed by atoms with E-state index in [-0.39, 0.29) is 11.2 Å². The van der Waals surface area contributed by atoms with Crippen LogP contribution < -0.4 is 10.6 Å². The molecular formula is C13H20ClFN2. The van der Waals surface area contributed by atoms with Crippen molar-refractivity contribution in [3.8, 4) is 0 Å². The van der Waals surface area contributed by atoms with Crippen LogP contribution in [0.2, 0.25) is 5.02 Å². The number of halogens is 2. The fourth-order valence-corrected chi connectivity index (χ4v) is 1.90. The Kier molecular flexibility index (Phi) is 5.37. The highest BCUT2D eigenvalue weighted by molar-refractivity contribution is 6.30. The van der Waals surface area contributed by atoms with Gasteiger partial charge < -0.3 is 10.6 Å². The number of hydrogen-bond acceptors (Lipinski definition) is 2. The normalized spacial score (nSPS) is 11.8. The van der Waals surface area contributed by atoms with Gasteiger partial charge in [-0.25, -0.2) is 4.39 Å². The van der Waals surface area contributed by atoms with Gasteiger partial charge in [0.15, 0.2) is 0 Å². The summed E-state index contributed by atoms with van der Waals surface area (Å²) in [5.74, 6) is -0.199. The third-order valence-electron chi connectivity index (χ3n) is 2.78. The van der Waals surface area contributed by atoms with Gasteiger partial charge in [0.25, 0.3) is 0 Å². The third kappa shape index (κ3) is 4.26. The van der Waals surface area contributed by atoms with Crippen molar-refractivity contribution in [1.82, 2.24) is 10.6 Å². The summed E-state index contributed by atoms with van der Waals surface area (Å²) < 4.78 is 13.7. The predicted octanol–water partition coefficient (Wildman–Crippen LogP) is 2.57. The van der Waals surface area contributed by atoms with E-state index in [1.54, 1.807) is 12.1 Å². The highest BCUT2D eigenvalue weighted by atomic mass is 35.5. The first-order chi connectivity index (χ1) is 7.97. The van der Waals surface area contributed by atoms with Crippen LogP contribution in [0.25, 0.3) is 0 Å². The Balaban J connectivity index is 2.71. The summed E-state index contributed by atoms with van der Waals surface area (Å²) in [5, 5.41) is 6.93. The lowest BCUT2D eigenvalue weighted by molar-refractivity contribution is 0.444. The highest BCUT2D eigenvalue weighted by Gasteiger charge is 2.23. The monoisotopic (exact) mass is 258 g/mol. The second-order valence-electron chi connectivity index (χ2n) is 4.79. The summed E-state index contributed by atoms with van der Waals surface area (Å²) in [5.41, 5.74) is 0.380. The summed E-state index contributed by atoms with van der Waals surface area (Å²) in [7, 11) is 1.91. The lowest BCUT2D eigenvalue weighted by Crippen LogP contribution is -2.36. The molecule has 0 spiro atoms. The molecule has 1 aromatic rings. The molecule has 0 saturated carbocycles. The molecule has 0 aromatic heterocycles. The van der Waals surface area contributed by atoms with Gasteiger partial charge in [-0.3, -0.25) is 0 Å². The quantitative estimate of drug-likeness (QED) is 0.767. The van der Waals surface area contributed by atoms with Crippen molar-refractivity contribution in [1.29, 1.82) is 0 Å². The summed E-state index contributed by atoms with van der Waals surface area (Å²) in [6, 6.07) is 4.70. The molecule has 0 atom stereocenters. The van der Waals surface area contributed by atoms with E-state index in [4.69, 9.17) is 11.6 Å². The maximum atomic E-state index is 13.7. The Morgan fingerprint density at radius 3 is 2.65 bits per heavy atom. The fourth-order valence-electron chi connectivity index (χ4n) is 1.73. The zero-order valence-corrected chi connectivity index (χ0v) is 11.4. The number of rotatable bonds is 6. The van der Waals surface area contributed by atoms with Gasteiger partial charge in [-0.2, -0.15) is 0 Å². The van der Waals surface area contributed by atoms with E-state index < -0.39 is 0 Å². The number of likely N-dealkylation sites (N-methyl/N-ethyl adjacent to an activating group) is 1. The molecule has 1 aromatic carbocycles. The first-order valence-electron chi connectivity index (χ1n) is 5.78. The second-order valence-corrected chi connectivity index (χ2v) is 5.22. The van der Waals surface area contributed by atoms with Crippen LogP contribution in [0.1, 0.15) is 19.4 Å². The van der Waals surface area contributed by atoms with Crippen molar-refractivity contribution in [2.75, 3.05) is 26.7 Å². The maximum Gasteiger partial charge on any atom is 0.127 e. The van der Waals surface area contributed by atoms with E-state index in [0.29, 0.717) is 17.1 Å². The number of benzene rings is 1. The average Bonchev–Trinajstić information content (AvgIpc) is 2.28. The smallest absolute Gasteiger partial charge is 0.127 e. The lowest BCUT2D eigenvalue weighted by Gasteiger charge is -2.26. The number of hydrogen-bond donors (Lipinski definition) is 2. The molecule has 0 amide bonds. The molecule has 0 radical (unpaired) electrons. The molecule has 0 aliphatic heterocycles. The van der Waals surface area contributed by atoms with E-state index >= 15 is 0 Å². The Labute approximate surface area is 108 Å². The minimum atomic E-state index is -0.275. The Morgan fingerprint density at radius 2 is 2.00 bits per heavy atom. The Bertz CT molecular complexity index is 366. The molecule has 2 nitrogen and oxygen atoms in total.